The third kappa shape index (κ3) is 3.23. The summed E-state index contributed by atoms with van der Waals surface area (Å²) in [6.45, 7) is 8.07. The van der Waals surface area contributed by atoms with E-state index < -0.39 is 30.1 Å². The number of fused-ring (bicyclic) bond motifs is 1. The number of benzene rings is 1. The third-order valence-corrected chi connectivity index (χ3v) is 6.01. The van der Waals surface area contributed by atoms with Crippen molar-refractivity contribution in [3.63, 3.8) is 0 Å². The Bertz CT molecular complexity index is 872. The number of hydrogen-bond acceptors (Lipinski definition) is 4. The Morgan fingerprint density at radius 3 is 2.36 bits per heavy atom. The van der Waals surface area contributed by atoms with E-state index in [0.29, 0.717) is 23.0 Å². The predicted molar refractivity (Wildman–Crippen MR) is 99.3 cm³/mol. The number of nitrogens with zero attached hydrogens (tertiary/aromatic N) is 2. The molecule has 4 rings (SSSR count). The Hall–Kier alpha value is -1.58. The number of hydrogen-bond donors (Lipinski definition) is 0. The highest BCUT2D eigenvalue weighted by molar-refractivity contribution is 6.65. The van der Waals surface area contributed by atoms with Gasteiger partial charge in [-0.05, 0) is 64.6 Å². The summed E-state index contributed by atoms with van der Waals surface area (Å²) in [6, 6.07) is 2.24. The van der Waals surface area contributed by atoms with Gasteiger partial charge in [0.05, 0.1) is 28.5 Å². The topological polar surface area (TPSA) is 45.5 Å². The first kappa shape index (κ1) is 19.7. The zero-order chi connectivity index (χ0) is 20.3. The van der Waals surface area contributed by atoms with Gasteiger partial charge in [-0.2, -0.15) is 18.3 Å². The van der Waals surface area contributed by atoms with Gasteiger partial charge in [-0.15, -0.1) is 0 Å². The Kier molecular flexibility index (Phi) is 4.56. The van der Waals surface area contributed by atoms with Gasteiger partial charge in [0.1, 0.15) is 0 Å². The molecule has 3 heterocycles. The van der Waals surface area contributed by atoms with Crippen molar-refractivity contribution in [1.29, 1.82) is 0 Å². The van der Waals surface area contributed by atoms with E-state index in [0.717, 1.165) is 31.4 Å². The van der Waals surface area contributed by atoms with Crippen LogP contribution >= 0.6 is 0 Å². The lowest BCUT2D eigenvalue weighted by atomic mass is 9.76. The van der Waals surface area contributed by atoms with E-state index in [9.17, 15) is 13.2 Å². The molecule has 5 nitrogen and oxygen atoms in total. The van der Waals surface area contributed by atoms with Crippen molar-refractivity contribution in [3.05, 3.63) is 23.9 Å². The van der Waals surface area contributed by atoms with E-state index in [2.05, 4.69) is 5.10 Å². The van der Waals surface area contributed by atoms with Crippen molar-refractivity contribution >= 4 is 23.5 Å². The van der Waals surface area contributed by atoms with Gasteiger partial charge in [0.15, 0.2) is 6.23 Å². The SMILES string of the molecule is CC1(C)OB(c2cc(C(F)(F)F)cc3c2cnn3[C@@H]2CCCCO2)OC1(C)C. The molecule has 1 atom stereocenters. The second kappa shape index (κ2) is 6.47. The molecule has 0 aliphatic carbocycles. The van der Waals surface area contributed by atoms with Crippen molar-refractivity contribution in [2.75, 3.05) is 6.61 Å². The van der Waals surface area contributed by atoms with Crippen LogP contribution in [0.2, 0.25) is 0 Å². The molecule has 9 heteroatoms. The fourth-order valence-electron chi connectivity index (χ4n) is 3.65. The first-order valence-electron chi connectivity index (χ1n) is 9.55. The van der Waals surface area contributed by atoms with Gasteiger partial charge < -0.3 is 14.0 Å². The highest BCUT2D eigenvalue weighted by Gasteiger charge is 2.52. The minimum atomic E-state index is -4.49. The normalized spacial score (nSPS) is 24.8. The molecule has 0 N–H and O–H groups in total. The van der Waals surface area contributed by atoms with E-state index in [1.807, 2.05) is 27.7 Å². The average Bonchev–Trinajstić information content (AvgIpc) is 3.12. The monoisotopic (exact) mass is 396 g/mol. The van der Waals surface area contributed by atoms with Crippen molar-refractivity contribution in [2.45, 2.75) is 70.6 Å². The molecule has 2 aromatic rings. The van der Waals surface area contributed by atoms with Crippen LogP contribution < -0.4 is 5.46 Å². The highest BCUT2D eigenvalue weighted by atomic mass is 19.4. The second-order valence-electron chi connectivity index (χ2n) is 8.49. The minimum absolute atomic E-state index is 0.338. The fraction of sp³-hybridized carbons (Fsp3) is 0.632. The van der Waals surface area contributed by atoms with Gasteiger partial charge in [-0.3, -0.25) is 0 Å². The summed E-state index contributed by atoms with van der Waals surface area (Å²) >= 11 is 0. The van der Waals surface area contributed by atoms with E-state index in [-0.39, 0.29) is 6.23 Å². The molecular weight excluding hydrogens is 372 g/mol. The molecule has 2 aliphatic rings. The summed E-state index contributed by atoms with van der Waals surface area (Å²) in [5, 5.41) is 4.94. The van der Waals surface area contributed by atoms with Crippen LogP contribution in [0.5, 0.6) is 0 Å². The van der Waals surface area contributed by atoms with Gasteiger partial charge in [0, 0.05) is 12.0 Å². The van der Waals surface area contributed by atoms with E-state index in [1.54, 1.807) is 10.9 Å². The van der Waals surface area contributed by atoms with Gasteiger partial charge in [-0.25, -0.2) is 4.68 Å². The Labute approximate surface area is 162 Å². The van der Waals surface area contributed by atoms with Crippen LogP contribution in [0.15, 0.2) is 18.3 Å². The van der Waals surface area contributed by atoms with Crippen molar-refractivity contribution in [3.8, 4) is 0 Å². The van der Waals surface area contributed by atoms with Gasteiger partial charge in [0.2, 0.25) is 0 Å². The third-order valence-electron chi connectivity index (χ3n) is 6.01. The Morgan fingerprint density at radius 2 is 1.79 bits per heavy atom. The molecule has 2 fully saturated rings. The first-order valence-corrected chi connectivity index (χ1v) is 9.55. The summed E-state index contributed by atoms with van der Waals surface area (Å²) in [6.07, 6.45) is -0.652. The lowest BCUT2D eigenvalue weighted by Crippen LogP contribution is -2.41. The van der Waals surface area contributed by atoms with Crippen LogP contribution in [-0.2, 0) is 20.2 Å². The van der Waals surface area contributed by atoms with Crippen molar-refractivity contribution < 1.29 is 27.2 Å². The van der Waals surface area contributed by atoms with Gasteiger partial charge in [0.25, 0.3) is 0 Å². The second-order valence-corrected chi connectivity index (χ2v) is 8.49. The van der Waals surface area contributed by atoms with Crippen LogP contribution in [0.1, 0.15) is 58.7 Å². The highest BCUT2D eigenvalue weighted by Crippen LogP contribution is 2.38. The van der Waals surface area contributed by atoms with Crippen molar-refractivity contribution in [1.82, 2.24) is 9.78 Å². The fourth-order valence-corrected chi connectivity index (χ4v) is 3.65. The molecule has 2 aliphatic heterocycles. The molecule has 0 amide bonds. The average molecular weight is 396 g/mol. The molecule has 1 aromatic carbocycles. The first-order chi connectivity index (χ1) is 13.0. The molecule has 2 saturated heterocycles. The molecule has 152 valence electrons. The standard InChI is InChI=1S/C19H24BF3N2O3/c1-17(2)18(3,4)28-20(27-17)14-9-12(19(21,22)23)10-15-13(14)11-24-25(15)16-7-5-6-8-26-16/h9-11,16H,5-8H2,1-4H3/t16-/m0/s1. The zero-order valence-corrected chi connectivity index (χ0v) is 16.5. The number of alkyl halides is 3. The Balaban J connectivity index is 1.85. The summed E-state index contributed by atoms with van der Waals surface area (Å²) in [4.78, 5) is 0. The molecule has 0 bridgehead atoms. The molecule has 0 unspecified atom stereocenters. The summed E-state index contributed by atoms with van der Waals surface area (Å²) in [5.41, 5.74) is -1.33. The lowest BCUT2D eigenvalue weighted by Gasteiger charge is -2.32. The van der Waals surface area contributed by atoms with E-state index in [4.69, 9.17) is 14.0 Å². The van der Waals surface area contributed by atoms with Gasteiger partial charge >= 0.3 is 13.3 Å². The number of rotatable bonds is 2. The number of halogens is 3. The van der Waals surface area contributed by atoms with Crippen LogP contribution in [0.4, 0.5) is 13.2 Å². The lowest BCUT2D eigenvalue weighted by molar-refractivity contribution is -0.137. The molecule has 0 spiro atoms. The Morgan fingerprint density at radius 1 is 1.11 bits per heavy atom. The van der Waals surface area contributed by atoms with Crippen molar-refractivity contribution in [2.24, 2.45) is 0 Å². The predicted octanol–water partition coefficient (Wildman–Crippen LogP) is 4.05. The van der Waals surface area contributed by atoms with E-state index >= 15 is 0 Å². The minimum Gasteiger partial charge on any atom is -0.399 e. The molecular formula is C19H24BF3N2O3. The smallest absolute Gasteiger partial charge is 0.399 e. The molecule has 1 aromatic heterocycles. The maximum atomic E-state index is 13.6. The summed E-state index contributed by atoms with van der Waals surface area (Å²) in [5.74, 6) is 0. The number of aromatic nitrogens is 2. The molecule has 0 radical (unpaired) electrons. The van der Waals surface area contributed by atoms with Crippen LogP contribution in [0, 0.1) is 0 Å². The maximum absolute atomic E-state index is 13.6. The van der Waals surface area contributed by atoms with Crippen LogP contribution in [0.3, 0.4) is 0 Å². The van der Waals surface area contributed by atoms with Gasteiger partial charge in [-0.1, -0.05) is 0 Å². The van der Waals surface area contributed by atoms with E-state index in [1.165, 1.54) is 0 Å². The number of ether oxygens (including phenoxy) is 1. The van der Waals surface area contributed by atoms with Crippen LogP contribution in [-0.4, -0.2) is 34.7 Å². The zero-order valence-electron chi connectivity index (χ0n) is 16.5. The maximum Gasteiger partial charge on any atom is 0.495 e. The van der Waals surface area contributed by atoms with Crippen LogP contribution in [0.25, 0.3) is 10.9 Å². The summed E-state index contributed by atoms with van der Waals surface area (Å²) < 4.78 is 60.2. The molecule has 0 saturated carbocycles. The summed E-state index contributed by atoms with van der Waals surface area (Å²) in [7, 11) is -0.903. The molecule has 28 heavy (non-hydrogen) atoms. The largest absolute Gasteiger partial charge is 0.495 e. The quantitative estimate of drug-likeness (QED) is 0.719.